The molecule has 0 spiro atoms. The molecule has 6 rings (SSSR count). The van der Waals surface area contributed by atoms with Gasteiger partial charge in [-0.3, -0.25) is 4.79 Å². The topological polar surface area (TPSA) is 339 Å². The third-order valence-corrected chi connectivity index (χ3v) is 9.54. The van der Waals surface area contributed by atoms with Gasteiger partial charge in [0, 0.05) is 17.7 Å². The number of rotatable bonds is 9. The van der Waals surface area contributed by atoms with E-state index in [2.05, 4.69) is 0 Å². The Balaban J connectivity index is 1.30. The third kappa shape index (κ3) is 7.21. The zero-order valence-corrected chi connectivity index (χ0v) is 27.4. The Bertz CT molecular complexity index is 1780. The molecule has 13 N–H and O–H groups in total. The zero-order chi connectivity index (χ0) is 38.5. The molecule has 53 heavy (non-hydrogen) atoms. The van der Waals surface area contributed by atoms with E-state index in [0.717, 1.165) is 12.1 Å². The lowest BCUT2D eigenvalue weighted by Gasteiger charge is -2.46. The maximum Gasteiger partial charge on any atom is 0.229 e. The molecule has 20 heteroatoms. The molecule has 2 aromatic carbocycles. The highest BCUT2D eigenvalue weighted by Gasteiger charge is 2.52. The highest BCUT2D eigenvalue weighted by molar-refractivity contribution is 5.88. The molecule has 20 nitrogen and oxygen atoms in total. The van der Waals surface area contributed by atoms with Crippen molar-refractivity contribution in [3.63, 3.8) is 0 Å². The van der Waals surface area contributed by atoms with Crippen LogP contribution in [0.3, 0.4) is 0 Å². The molecule has 0 aliphatic carbocycles. The number of ether oxygens (including phenoxy) is 5. The van der Waals surface area contributed by atoms with Gasteiger partial charge in [0.2, 0.25) is 6.29 Å². The summed E-state index contributed by atoms with van der Waals surface area (Å²) in [6.07, 6.45) is -25.5. The lowest BCUT2D eigenvalue weighted by atomic mass is 9.89. The van der Waals surface area contributed by atoms with Crippen molar-refractivity contribution in [3.8, 4) is 28.6 Å². The minimum absolute atomic E-state index is 0.0509. The molecule has 292 valence electrons. The molecule has 4 heterocycles. The molecule has 1 aromatic heterocycles. The summed E-state index contributed by atoms with van der Waals surface area (Å²) in [5, 5.41) is 134. The Labute approximate surface area is 298 Å². The fourth-order valence-electron chi connectivity index (χ4n) is 6.53. The van der Waals surface area contributed by atoms with Crippen LogP contribution < -0.4 is 10.2 Å². The van der Waals surface area contributed by atoms with Crippen LogP contribution in [-0.4, -0.2) is 172 Å². The van der Waals surface area contributed by atoms with Crippen LogP contribution in [0.5, 0.6) is 17.2 Å². The number of phenols is 2. The summed E-state index contributed by atoms with van der Waals surface area (Å²) in [7, 11) is 0. The van der Waals surface area contributed by atoms with E-state index in [4.69, 9.17) is 28.1 Å². The number of hydrogen-bond donors (Lipinski definition) is 13. The number of benzene rings is 2. The minimum Gasteiger partial charge on any atom is -0.507 e. The summed E-state index contributed by atoms with van der Waals surface area (Å²) in [5.74, 6) is -1.62. The van der Waals surface area contributed by atoms with E-state index < -0.39 is 140 Å². The molecule has 3 aliphatic heterocycles. The number of aromatic hydroxyl groups is 2. The van der Waals surface area contributed by atoms with E-state index in [1.165, 1.54) is 24.3 Å². The Kier molecular flexibility index (Phi) is 11.6. The van der Waals surface area contributed by atoms with E-state index in [9.17, 15) is 71.2 Å². The van der Waals surface area contributed by atoms with Crippen molar-refractivity contribution in [2.45, 2.75) is 91.9 Å². The van der Waals surface area contributed by atoms with Crippen LogP contribution in [0.2, 0.25) is 0 Å². The maximum atomic E-state index is 13.5. The van der Waals surface area contributed by atoms with E-state index >= 15 is 0 Å². The van der Waals surface area contributed by atoms with Gasteiger partial charge in [-0.25, -0.2) is 0 Å². The van der Waals surface area contributed by atoms with Crippen LogP contribution in [-0.2, 0) is 18.9 Å². The predicted molar refractivity (Wildman–Crippen MR) is 171 cm³/mol. The predicted octanol–water partition coefficient (Wildman–Crippen LogP) is -4.61. The van der Waals surface area contributed by atoms with Crippen molar-refractivity contribution in [2.24, 2.45) is 0 Å². The van der Waals surface area contributed by atoms with E-state index in [1.807, 2.05) is 0 Å². The van der Waals surface area contributed by atoms with Crippen LogP contribution in [0.15, 0.2) is 45.6 Å². The van der Waals surface area contributed by atoms with Gasteiger partial charge < -0.3 is 94.5 Å². The highest BCUT2D eigenvalue weighted by Crippen LogP contribution is 2.46. The Morgan fingerprint density at radius 1 is 0.623 bits per heavy atom. The maximum absolute atomic E-state index is 13.5. The molecule has 3 saturated heterocycles. The Hall–Kier alpha value is -3.55. The lowest BCUT2D eigenvalue weighted by Crippen LogP contribution is -2.62. The SMILES string of the molecule is O=c1cc(-c2ccc(O[C@@H]3O[C@H](CO)[C@@H](O)[C@H](O)[C@@H]3O)cc2)oc2cc(O)c([C@@H]3O[C@H](CO)[C@@H](O)[C@H](O)[C@@H]3O[C@@H]3O[C@H](CO)[C@@H](O)[C@H](O)[C@H]3O)c(O)c12. The van der Waals surface area contributed by atoms with Gasteiger partial charge >= 0.3 is 0 Å². The van der Waals surface area contributed by atoms with Crippen LogP contribution in [0.25, 0.3) is 22.3 Å². The Morgan fingerprint density at radius 3 is 1.74 bits per heavy atom. The molecule has 0 bridgehead atoms. The van der Waals surface area contributed by atoms with Crippen molar-refractivity contribution in [3.05, 3.63) is 52.2 Å². The minimum atomic E-state index is -1.97. The molecule has 15 atom stereocenters. The first kappa shape index (κ1) is 39.2. The molecule has 0 unspecified atom stereocenters. The van der Waals surface area contributed by atoms with Crippen molar-refractivity contribution < 1.29 is 94.5 Å². The standard InChI is InChI=1S/C33H40O20/c34-7-16-23(41)27(45)31(53-33-29(47)26(44)22(40)18(9-36)52-33)30(50-16)20-13(38)6-15-19(24(20)42)12(37)5-14(49-15)10-1-3-11(4-2-10)48-32-28(46)25(43)21(39)17(8-35)51-32/h1-6,16-18,21-23,25-36,38-47H,7-9H2/t16-,17-,18-,21-,22-,23-,25+,26+,27+,28+,29-,30+,31+,32-,33+/m1/s1. The normalized spacial score (nSPS) is 37.8. The van der Waals surface area contributed by atoms with Gasteiger partial charge in [-0.1, -0.05) is 0 Å². The second kappa shape index (κ2) is 15.7. The number of phenolic OH excluding ortho intramolecular Hbond substituents is 2. The summed E-state index contributed by atoms with van der Waals surface area (Å²) in [6.45, 7) is -2.35. The van der Waals surface area contributed by atoms with Crippen LogP contribution in [0.1, 0.15) is 11.7 Å². The third-order valence-electron chi connectivity index (χ3n) is 9.54. The van der Waals surface area contributed by atoms with Gasteiger partial charge in [0.05, 0.1) is 25.4 Å². The molecular weight excluding hydrogens is 716 g/mol. The monoisotopic (exact) mass is 756 g/mol. The molecular formula is C33H40O20. The van der Waals surface area contributed by atoms with Gasteiger partial charge in [-0.15, -0.1) is 0 Å². The summed E-state index contributed by atoms with van der Waals surface area (Å²) in [4.78, 5) is 13.5. The lowest BCUT2D eigenvalue weighted by molar-refractivity contribution is -0.342. The molecule has 3 aliphatic rings. The van der Waals surface area contributed by atoms with Crippen molar-refractivity contribution in [2.75, 3.05) is 19.8 Å². The van der Waals surface area contributed by atoms with Gasteiger partial charge in [0.1, 0.15) is 113 Å². The molecule has 0 amide bonds. The zero-order valence-electron chi connectivity index (χ0n) is 27.4. The molecule has 0 saturated carbocycles. The first-order chi connectivity index (χ1) is 25.2. The smallest absolute Gasteiger partial charge is 0.229 e. The summed E-state index contributed by atoms with van der Waals surface area (Å²) in [6, 6.07) is 7.63. The number of aliphatic hydroxyl groups excluding tert-OH is 11. The van der Waals surface area contributed by atoms with Crippen molar-refractivity contribution in [1.29, 1.82) is 0 Å². The second-order valence-corrected chi connectivity index (χ2v) is 12.9. The van der Waals surface area contributed by atoms with Gasteiger partial charge in [-0.2, -0.15) is 0 Å². The first-order valence-corrected chi connectivity index (χ1v) is 16.4. The number of aliphatic hydroxyl groups is 11. The van der Waals surface area contributed by atoms with E-state index in [-0.39, 0.29) is 17.1 Å². The first-order valence-electron chi connectivity index (χ1n) is 16.4. The summed E-state index contributed by atoms with van der Waals surface area (Å²) in [5.41, 5.74) is -1.43. The number of fused-ring (bicyclic) bond motifs is 1. The number of hydrogen-bond acceptors (Lipinski definition) is 20. The average molecular weight is 757 g/mol. The summed E-state index contributed by atoms with van der Waals surface area (Å²) < 4.78 is 33.5. The molecule has 0 radical (unpaired) electrons. The van der Waals surface area contributed by atoms with Crippen molar-refractivity contribution in [1.82, 2.24) is 0 Å². The van der Waals surface area contributed by atoms with Crippen molar-refractivity contribution >= 4 is 11.0 Å². The summed E-state index contributed by atoms with van der Waals surface area (Å²) >= 11 is 0. The second-order valence-electron chi connectivity index (χ2n) is 12.9. The molecule has 3 aromatic rings. The molecule has 3 fully saturated rings. The van der Waals surface area contributed by atoms with Crippen LogP contribution in [0, 0.1) is 0 Å². The average Bonchev–Trinajstić information content (AvgIpc) is 3.14. The highest BCUT2D eigenvalue weighted by atomic mass is 16.7. The van der Waals surface area contributed by atoms with E-state index in [0.29, 0.717) is 5.56 Å². The fourth-order valence-corrected chi connectivity index (χ4v) is 6.53. The van der Waals surface area contributed by atoms with Gasteiger partial charge in [-0.05, 0) is 24.3 Å². The quantitative estimate of drug-likeness (QED) is 0.0976. The fraction of sp³-hybridized carbons (Fsp3) is 0.545. The Morgan fingerprint density at radius 2 is 1.15 bits per heavy atom. The van der Waals surface area contributed by atoms with Gasteiger partial charge in [0.15, 0.2) is 11.7 Å². The largest absolute Gasteiger partial charge is 0.507 e. The van der Waals surface area contributed by atoms with Crippen LogP contribution in [0.4, 0.5) is 0 Å². The van der Waals surface area contributed by atoms with E-state index in [1.54, 1.807) is 0 Å². The van der Waals surface area contributed by atoms with Crippen LogP contribution >= 0.6 is 0 Å². The van der Waals surface area contributed by atoms with Gasteiger partial charge in [0.25, 0.3) is 0 Å².